The van der Waals surface area contributed by atoms with Crippen molar-refractivity contribution in [1.82, 2.24) is 9.80 Å². The first kappa shape index (κ1) is 17.4. The molecule has 4 heteroatoms. The average Bonchev–Trinajstić information content (AvgIpc) is 2.36. The van der Waals surface area contributed by atoms with Gasteiger partial charge >= 0.3 is 0 Å². The maximum absolute atomic E-state index is 11.1. The van der Waals surface area contributed by atoms with Gasteiger partial charge in [0.2, 0.25) is 11.8 Å². The number of carbonyl (C=O) groups excluding carboxylic acids is 2. The van der Waals surface area contributed by atoms with E-state index in [2.05, 4.69) is 13.2 Å². The highest BCUT2D eigenvalue weighted by Crippen LogP contribution is 2.06. The van der Waals surface area contributed by atoms with E-state index in [0.717, 1.165) is 45.2 Å². The van der Waals surface area contributed by atoms with Gasteiger partial charge in [-0.3, -0.25) is 9.59 Å². The van der Waals surface area contributed by atoms with E-state index in [-0.39, 0.29) is 11.8 Å². The fourth-order valence-corrected chi connectivity index (χ4v) is 1.85. The Balaban J connectivity index is 3.55. The van der Waals surface area contributed by atoms with Gasteiger partial charge in [-0.05, 0) is 25.2 Å². The summed E-state index contributed by atoms with van der Waals surface area (Å²) in [6.07, 6.45) is 8.44. The van der Waals surface area contributed by atoms with Crippen LogP contribution in [0, 0.1) is 0 Å². The lowest BCUT2D eigenvalue weighted by atomic mass is 10.1. The predicted octanol–water partition coefficient (Wildman–Crippen LogP) is 2.92. The van der Waals surface area contributed by atoms with Gasteiger partial charge < -0.3 is 9.80 Å². The smallest absolute Gasteiger partial charge is 0.223 e. The number of hydrogen-bond acceptors (Lipinski definition) is 2. The molecule has 0 aliphatic carbocycles. The molecule has 0 fully saturated rings. The molecule has 0 atom stereocenters. The molecule has 0 aliphatic heterocycles. The van der Waals surface area contributed by atoms with Crippen molar-refractivity contribution < 1.29 is 9.59 Å². The molecule has 0 heterocycles. The molecule has 0 aromatic heterocycles. The van der Waals surface area contributed by atoms with Crippen LogP contribution >= 0.6 is 0 Å². The predicted molar refractivity (Wildman–Crippen MR) is 78.3 cm³/mol. The largest absolute Gasteiger partial charge is 0.320 e. The van der Waals surface area contributed by atoms with Crippen molar-refractivity contribution in [2.45, 2.75) is 46.0 Å². The molecule has 0 aliphatic rings. The molecule has 0 rings (SSSR count). The third-order valence-electron chi connectivity index (χ3n) is 3.05. The highest BCUT2D eigenvalue weighted by Gasteiger charge is 2.04. The van der Waals surface area contributed by atoms with E-state index in [9.17, 15) is 9.59 Å². The first-order chi connectivity index (χ1) is 9.02. The van der Waals surface area contributed by atoms with Gasteiger partial charge in [-0.25, -0.2) is 0 Å². The lowest BCUT2D eigenvalue weighted by molar-refractivity contribution is -0.127. The lowest BCUT2D eigenvalue weighted by Gasteiger charge is -2.16. The van der Waals surface area contributed by atoms with E-state index in [1.165, 1.54) is 0 Å². The average molecular weight is 266 g/mol. The fraction of sp³-hybridized carbons (Fsp3) is 0.600. The second kappa shape index (κ2) is 10.4. The molecule has 0 bridgehead atoms. The molecule has 0 radical (unpaired) electrons. The molecule has 4 nitrogen and oxygen atoms in total. The Morgan fingerprint density at radius 3 is 1.37 bits per heavy atom. The van der Waals surface area contributed by atoms with Gasteiger partial charge in [-0.15, -0.1) is 0 Å². The van der Waals surface area contributed by atoms with Crippen molar-refractivity contribution in [2.24, 2.45) is 0 Å². The van der Waals surface area contributed by atoms with Crippen LogP contribution in [0.3, 0.4) is 0 Å². The van der Waals surface area contributed by atoms with E-state index < -0.39 is 0 Å². The Hall–Kier alpha value is -1.58. The Kier molecular flexibility index (Phi) is 9.49. The van der Waals surface area contributed by atoms with Crippen LogP contribution in [0.2, 0.25) is 0 Å². The zero-order valence-corrected chi connectivity index (χ0v) is 12.2. The van der Waals surface area contributed by atoms with E-state index in [4.69, 9.17) is 0 Å². The van der Waals surface area contributed by atoms with E-state index in [0.29, 0.717) is 0 Å². The normalized spacial score (nSPS) is 9.79. The molecule has 2 amide bonds. The Bertz CT molecular complexity index is 283. The van der Waals surface area contributed by atoms with E-state index >= 15 is 0 Å². The van der Waals surface area contributed by atoms with Gasteiger partial charge in [0.05, 0.1) is 0 Å². The number of hydrogen-bond donors (Lipinski definition) is 0. The number of rotatable bonds is 10. The van der Waals surface area contributed by atoms with Crippen LogP contribution in [0.4, 0.5) is 0 Å². The Morgan fingerprint density at radius 1 is 0.789 bits per heavy atom. The second-order valence-electron chi connectivity index (χ2n) is 4.56. The molecule has 0 N–H and O–H groups in total. The number of nitrogens with zero attached hydrogens (tertiary/aromatic N) is 2. The first-order valence-corrected chi connectivity index (χ1v) is 6.82. The molecular formula is C15H26N2O2. The molecule has 0 unspecified atom stereocenters. The topological polar surface area (TPSA) is 40.6 Å². The number of unbranched alkanes of at least 4 members (excludes halogenated alkanes) is 4. The summed E-state index contributed by atoms with van der Waals surface area (Å²) in [5.74, 6) is 0.0798. The van der Waals surface area contributed by atoms with Crippen LogP contribution in [0.5, 0.6) is 0 Å². The maximum Gasteiger partial charge on any atom is 0.223 e. The van der Waals surface area contributed by atoms with Crippen LogP contribution < -0.4 is 0 Å². The Morgan fingerprint density at radius 2 is 1.11 bits per heavy atom. The van der Waals surface area contributed by atoms with Crippen molar-refractivity contribution in [3.05, 3.63) is 25.6 Å². The zero-order valence-electron chi connectivity index (χ0n) is 12.2. The fourth-order valence-electron chi connectivity index (χ4n) is 1.85. The molecule has 19 heavy (non-hydrogen) atoms. The minimum absolute atomic E-state index is 0.0399. The quantitative estimate of drug-likeness (QED) is 0.570. The standard InChI is InChI=1S/C15H26N2O2/c1-5-16(14(3)18)12-10-8-7-9-11-13-17(6-2)15(4)19/h5-6H,1-2,7-13H2,3-4H3. The molecule has 0 saturated carbocycles. The minimum atomic E-state index is 0.0399. The SMILES string of the molecule is C=CN(CCCCCCCN(C=C)C(C)=O)C(C)=O. The number of amides is 2. The van der Waals surface area contributed by atoms with Crippen LogP contribution in [-0.2, 0) is 9.59 Å². The van der Waals surface area contributed by atoms with Gasteiger partial charge in [0.25, 0.3) is 0 Å². The van der Waals surface area contributed by atoms with Crippen molar-refractivity contribution in [2.75, 3.05) is 13.1 Å². The lowest BCUT2D eigenvalue weighted by Crippen LogP contribution is -2.23. The van der Waals surface area contributed by atoms with Crippen molar-refractivity contribution in [3.63, 3.8) is 0 Å². The molecule has 108 valence electrons. The van der Waals surface area contributed by atoms with Gasteiger partial charge in [-0.1, -0.05) is 32.4 Å². The van der Waals surface area contributed by atoms with Crippen molar-refractivity contribution in [1.29, 1.82) is 0 Å². The summed E-state index contributed by atoms with van der Waals surface area (Å²) in [4.78, 5) is 25.5. The third kappa shape index (κ3) is 8.19. The van der Waals surface area contributed by atoms with Gasteiger partial charge in [-0.2, -0.15) is 0 Å². The highest BCUT2D eigenvalue weighted by molar-refractivity contribution is 5.74. The van der Waals surface area contributed by atoms with Gasteiger partial charge in [0.15, 0.2) is 0 Å². The Labute approximate surface area is 116 Å². The second-order valence-corrected chi connectivity index (χ2v) is 4.56. The maximum atomic E-state index is 11.1. The van der Waals surface area contributed by atoms with Crippen LogP contribution in [0.15, 0.2) is 25.6 Å². The summed E-state index contributed by atoms with van der Waals surface area (Å²) in [7, 11) is 0. The van der Waals surface area contributed by atoms with E-state index in [1.54, 1.807) is 36.0 Å². The molecular weight excluding hydrogens is 240 g/mol. The van der Waals surface area contributed by atoms with Gasteiger partial charge in [0.1, 0.15) is 0 Å². The van der Waals surface area contributed by atoms with Crippen LogP contribution in [0.25, 0.3) is 0 Å². The zero-order chi connectivity index (χ0) is 14.7. The summed E-state index contributed by atoms with van der Waals surface area (Å²) in [5, 5.41) is 0. The molecule has 0 spiro atoms. The van der Waals surface area contributed by atoms with Gasteiger partial charge in [0, 0.05) is 26.9 Å². The van der Waals surface area contributed by atoms with Crippen LogP contribution in [0.1, 0.15) is 46.0 Å². The molecule has 0 saturated heterocycles. The number of carbonyl (C=O) groups is 2. The molecule has 0 aromatic carbocycles. The summed E-state index contributed by atoms with van der Waals surface area (Å²) < 4.78 is 0. The molecule has 0 aromatic rings. The first-order valence-electron chi connectivity index (χ1n) is 6.82. The minimum Gasteiger partial charge on any atom is -0.320 e. The van der Waals surface area contributed by atoms with Crippen molar-refractivity contribution >= 4 is 11.8 Å². The third-order valence-corrected chi connectivity index (χ3v) is 3.05. The summed E-state index contributed by atoms with van der Waals surface area (Å²) in [6.45, 7) is 11.8. The van der Waals surface area contributed by atoms with Crippen LogP contribution in [-0.4, -0.2) is 34.7 Å². The summed E-state index contributed by atoms with van der Waals surface area (Å²) in [6, 6.07) is 0. The highest BCUT2D eigenvalue weighted by atomic mass is 16.2. The summed E-state index contributed by atoms with van der Waals surface area (Å²) in [5.41, 5.74) is 0. The van der Waals surface area contributed by atoms with E-state index in [1.807, 2.05) is 0 Å². The summed E-state index contributed by atoms with van der Waals surface area (Å²) >= 11 is 0. The van der Waals surface area contributed by atoms with Crippen molar-refractivity contribution in [3.8, 4) is 0 Å². The monoisotopic (exact) mass is 266 g/mol.